The summed E-state index contributed by atoms with van der Waals surface area (Å²) in [4.78, 5) is 23.0. The number of carbonyl (C=O) groups is 1. The summed E-state index contributed by atoms with van der Waals surface area (Å²) in [6, 6.07) is 0. The molecule has 0 N–H and O–H groups in total. The molecule has 7 heteroatoms. The highest BCUT2D eigenvalue weighted by atomic mass is 16.5. The lowest BCUT2D eigenvalue weighted by Gasteiger charge is -2.30. The second-order valence-electron chi connectivity index (χ2n) is 6.21. The van der Waals surface area contributed by atoms with Gasteiger partial charge in [0.15, 0.2) is 17.9 Å². The van der Waals surface area contributed by atoms with Crippen LogP contribution < -0.4 is 0 Å². The first-order valence-electron chi connectivity index (χ1n) is 8.15. The number of oxazole rings is 1. The molecule has 2 aromatic rings. The predicted molar refractivity (Wildman–Crippen MR) is 82.1 cm³/mol. The molecule has 1 atom stereocenters. The van der Waals surface area contributed by atoms with Gasteiger partial charge in [-0.2, -0.15) is 4.98 Å². The average Bonchev–Trinajstić information content (AvgIpc) is 3.23. The van der Waals surface area contributed by atoms with E-state index in [1.54, 1.807) is 0 Å². The fourth-order valence-electron chi connectivity index (χ4n) is 2.87. The van der Waals surface area contributed by atoms with Crippen molar-refractivity contribution >= 4 is 5.91 Å². The van der Waals surface area contributed by atoms with Crippen molar-refractivity contribution in [1.82, 2.24) is 20.0 Å². The molecule has 1 unspecified atom stereocenters. The van der Waals surface area contributed by atoms with Crippen LogP contribution in [0.1, 0.15) is 73.4 Å². The van der Waals surface area contributed by atoms with E-state index >= 15 is 0 Å². The number of hydrogen-bond acceptors (Lipinski definition) is 6. The predicted octanol–water partition coefficient (Wildman–Crippen LogP) is 2.76. The lowest BCUT2D eigenvalue weighted by atomic mass is 9.97. The van der Waals surface area contributed by atoms with Gasteiger partial charge in [-0.3, -0.25) is 4.79 Å². The zero-order chi connectivity index (χ0) is 16.4. The Bertz CT molecular complexity index is 676. The molecule has 2 aromatic heterocycles. The molecular formula is C16H22N4O3. The van der Waals surface area contributed by atoms with Gasteiger partial charge in [-0.05, 0) is 12.8 Å². The van der Waals surface area contributed by atoms with Crippen molar-refractivity contribution in [2.45, 2.75) is 51.9 Å². The quantitative estimate of drug-likeness (QED) is 0.861. The molecule has 1 aliphatic rings. The first kappa shape index (κ1) is 15.7. The molecule has 0 saturated carbocycles. The number of hydrogen-bond donors (Lipinski definition) is 0. The van der Waals surface area contributed by atoms with Gasteiger partial charge in [-0.1, -0.05) is 25.9 Å². The van der Waals surface area contributed by atoms with Gasteiger partial charge >= 0.3 is 0 Å². The first-order valence-corrected chi connectivity index (χ1v) is 8.15. The van der Waals surface area contributed by atoms with Gasteiger partial charge in [0.1, 0.15) is 5.76 Å². The molecule has 23 heavy (non-hydrogen) atoms. The third-order valence-electron chi connectivity index (χ3n) is 4.19. The van der Waals surface area contributed by atoms with E-state index in [2.05, 4.69) is 15.1 Å². The Kier molecular flexibility index (Phi) is 4.45. The van der Waals surface area contributed by atoms with E-state index in [9.17, 15) is 4.79 Å². The van der Waals surface area contributed by atoms with Crippen LogP contribution in [-0.4, -0.2) is 39.0 Å². The van der Waals surface area contributed by atoms with Crippen LogP contribution in [0.15, 0.2) is 15.3 Å². The van der Waals surface area contributed by atoms with Crippen molar-refractivity contribution in [1.29, 1.82) is 0 Å². The van der Waals surface area contributed by atoms with Gasteiger partial charge in [0.2, 0.25) is 5.89 Å². The van der Waals surface area contributed by atoms with Crippen LogP contribution in [0.2, 0.25) is 0 Å². The van der Waals surface area contributed by atoms with Gasteiger partial charge in [-0.15, -0.1) is 0 Å². The Morgan fingerprint density at radius 2 is 2.30 bits per heavy atom. The third-order valence-corrected chi connectivity index (χ3v) is 4.19. The van der Waals surface area contributed by atoms with Crippen molar-refractivity contribution < 1.29 is 13.7 Å². The van der Waals surface area contributed by atoms with E-state index in [1.165, 1.54) is 6.39 Å². The first-order chi connectivity index (χ1) is 11.1. The summed E-state index contributed by atoms with van der Waals surface area (Å²) >= 11 is 0. The van der Waals surface area contributed by atoms with Crippen LogP contribution in [0, 0.1) is 0 Å². The fourth-order valence-corrected chi connectivity index (χ4v) is 2.87. The molecule has 1 saturated heterocycles. The summed E-state index contributed by atoms with van der Waals surface area (Å²) < 4.78 is 10.6. The van der Waals surface area contributed by atoms with Crippen molar-refractivity contribution in [3.05, 3.63) is 29.6 Å². The van der Waals surface area contributed by atoms with Crippen molar-refractivity contribution in [3.63, 3.8) is 0 Å². The number of nitrogens with zero attached hydrogens (tertiary/aromatic N) is 4. The molecule has 1 fully saturated rings. The Morgan fingerprint density at radius 3 is 3.00 bits per heavy atom. The van der Waals surface area contributed by atoms with Crippen molar-refractivity contribution in [2.24, 2.45) is 0 Å². The summed E-state index contributed by atoms with van der Waals surface area (Å²) in [7, 11) is 0. The number of likely N-dealkylation sites (tertiary alicyclic amines) is 1. The van der Waals surface area contributed by atoms with Crippen LogP contribution in [0.5, 0.6) is 0 Å². The molecule has 0 radical (unpaired) electrons. The normalized spacial score (nSPS) is 18.6. The number of piperidine rings is 1. The van der Waals surface area contributed by atoms with Crippen LogP contribution >= 0.6 is 0 Å². The van der Waals surface area contributed by atoms with E-state index in [-0.39, 0.29) is 17.7 Å². The minimum Gasteiger partial charge on any atom is -0.448 e. The molecule has 0 spiro atoms. The average molecular weight is 318 g/mol. The highest BCUT2D eigenvalue weighted by Gasteiger charge is 2.30. The third kappa shape index (κ3) is 3.13. The van der Waals surface area contributed by atoms with Crippen LogP contribution in [0.3, 0.4) is 0 Å². The molecule has 3 heterocycles. The standard InChI is InChI=1S/C16H22N4O3/c1-4-12-13(17-9-22-12)16(21)20-7-5-6-11(8-20)14-18-15(10(2)3)23-19-14/h9-11H,4-8H2,1-3H3. The van der Waals surface area contributed by atoms with Crippen LogP contribution in [0.4, 0.5) is 0 Å². The highest BCUT2D eigenvalue weighted by molar-refractivity contribution is 5.93. The number of amides is 1. The summed E-state index contributed by atoms with van der Waals surface area (Å²) in [6.45, 7) is 7.30. The zero-order valence-corrected chi connectivity index (χ0v) is 13.8. The van der Waals surface area contributed by atoms with E-state index in [1.807, 2.05) is 25.7 Å². The Balaban J connectivity index is 1.74. The molecule has 3 rings (SSSR count). The molecule has 7 nitrogen and oxygen atoms in total. The number of carbonyl (C=O) groups excluding carboxylic acids is 1. The second-order valence-corrected chi connectivity index (χ2v) is 6.21. The number of rotatable bonds is 4. The van der Waals surface area contributed by atoms with E-state index < -0.39 is 0 Å². The molecule has 0 aromatic carbocycles. The molecular weight excluding hydrogens is 296 g/mol. The monoisotopic (exact) mass is 318 g/mol. The summed E-state index contributed by atoms with van der Waals surface area (Å²) in [6.07, 6.45) is 3.87. The molecule has 0 aliphatic carbocycles. The number of aromatic nitrogens is 3. The number of aryl methyl sites for hydroxylation is 1. The Labute approximate surface area is 135 Å². The molecule has 124 valence electrons. The zero-order valence-electron chi connectivity index (χ0n) is 13.8. The van der Waals surface area contributed by atoms with Crippen LogP contribution in [0.25, 0.3) is 0 Å². The van der Waals surface area contributed by atoms with Gasteiger partial charge in [-0.25, -0.2) is 4.98 Å². The second kappa shape index (κ2) is 6.52. The Hall–Kier alpha value is -2.18. The molecule has 1 amide bonds. The summed E-state index contributed by atoms with van der Waals surface area (Å²) in [5.74, 6) is 2.22. The maximum Gasteiger partial charge on any atom is 0.276 e. The van der Waals surface area contributed by atoms with Crippen molar-refractivity contribution in [3.8, 4) is 0 Å². The van der Waals surface area contributed by atoms with Gasteiger partial charge in [0.25, 0.3) is 5.91 Å². The maximum absolute atomic E-state index is 12.7. The van der Waals surface area contributed by atoms with Crippen molar-refractivity contribution in [2.75, 3.05) is 13.1 Å². The lowest BCUT2D eigenvalue weighted by Crippen LogP contribution is -2.39. The minimum atomic E-state index is -0.0760. The summed E-state index contributed by atoms with van der Waals surface area (Å²) in [5, 5.41) is 4.09. The van der Waals surface area contributed by atoms with E-state index in [4.69, 9.17) is 8.94 Å². The van der Waals surface area contributed by atoms with E-state index in [0.29, 0.717) is 36.1 Å². The Morgan fingerprint density at radius 1 is 1.48 bits per heavy atom. The van der Waals surface area contributed by atoms with E-state index in [0.717, 1.165) is 19.4 Å². The molecule has 1 aliphatic heterocycles. The smallest absolute Gasteiger partial charge is 0.276 e. The van der Waals surface area contributed by atoms with Gasteiger partial charge in [0, 0.05) is 31.3 Å². The maximum atomic E-state index is 12.7. The largest absolute Gasteiger partial charge is 0.448 e. The fraction of sp³-hybridized carbons (Fsp3) is 0.625. The topological polar surface area (TPSA) is 85.3 Å². The SMILES string of the molecule is CCc1ocnc1C(=O)N1CCCC(c2noc(C(C)C)n2)C1. The highest BCUT2D eigenvalue weighted by Crippen LogP contribution is 2.27. The lowest BCUT2D eigenvalue weighted by molar-refractivity contribution is 0.0696. The van der Waals surface area contributed by atoms with Gasteiger partial charge in [0.05, 0.1) is 0 Å². The minimum absolute atomic E-state index is 0.0760. The van der Waals surface area contributed by atoms with Crippen LogP contribution in [-0.2, 0) is 6.42 Å². The molecule has 0 bridgehead atoms. The summed E-state index contributed by atoms with van der Waals surface area (Å²) in [5.41, 5.74) is 0.420. The van der Waals surface area contributed by atoms with Gasteiger partial charge < -0.3 is 13.8 Å².